The molecule has 0 bridgehead atoms. The molecule has 1 aromatic carbocycles. The molecular weight excluding hydrogens is 292 g/mol. The largest absolute Gasteiger partial charge is 0.481 e. The molecule has 1 heterocycles. The van der Waals surface area contributed by atoms with Crippen LogP contribution in [0.5, 0.6) is 5.88 Å². The summed E-state index contributed by atoms with van der Waals surface area (Å²) in [4.78, 5) is 8.11. The molecule has 0 radical (unpaired) electrons. The lowest BCUT2D eigenvalue weighted by molar-refractivity contribution is 0.397. The zero-order valence-electron chi connectivity index (χ0n) is 11.7. The average Bonchev–Trinajstić information content (AvgIpc) is 2.46. The number of sulfonamides is 1. The number of methoxy groups -OCH3 is 1. The van der Waals surface area contributed by atoms with Gasteiger partial charge in [-0.2, -0.15) is 4.98 Å². The van der Waals surface area contributed by atoms with E-state index in [0.29, 0.717) is 11.3 Å². The molecule has 0 unspecified atom stereocenters. The molecule has 0 aliphatic heterocycles. The van der Waals surface area contributed by atoms with Crippen LogP contribution in [0, 0.1) is 6.92 Å². The minimum atomic E-state index is -3.81. The van der Waals surface area contributed by atoms with E-state index in [0.717, 1.165) is 0 Å². The monoisotopic (exact) mass is 308 g/mol. The standard InChI is InChI=1S/C13H16N4O3S/c1-9-7-12(20-2)16-13(15-9)17-21(18,19)11-6-4-3-5-10(11)8-14/h3-7H,8,14H2,1-2H3,(H,15,16,17). The fraction of sp³-hybridized carbons (Fsp3) is 0.231. The van der Waals surface area contributed by atoms with E-state index in [2.05, 4.69) is 14.7 Å². The second-order valence-corrected chi connectivity index (χ2v) is 5.94. The van der Waals surface area contributed by atoms with Crippen molar-refractivity contribution in [3.05, 3.63) is 41.6 Å². The normalized spacial score (nSPS) is 11.2. The molecule has 7 nitrogen and oxygen atoms in total. The van der Waals surface area contributed by atoms with Crippen molar-refractivity contribution in [2.45, 2.75) is 18.4 Å². The Morgan fingerprint density at radius 3 is 2.67 bits per heavy atom. The lowest BCUT2D eigenvalue weighted by Gasteiger charge is -2.11. The number of ether oxygens (including phenoxy) is 1. The third-order valence-corrected chi connectivity index (χ3v) is 4.18. The summed E-state index contributed by atoms with van der Waals surface area (Å²) in [6.45, 7) is 1.84. The minimum absolute atomic E-state index is 0.0429. The van der Waals surface area contributed by atoms with Crippen LogP contribution < -0.4 is 15.2 Å². The second kappa shape index (κ2) is 6.06. The van der Waals surface area contributed by atoms with E-state index in [-0.39, 0.29) is 23.3 Å². The van der Waals surface area contributed by atoms with Gasteiger partial charge in [0.2, 0.25) is 11.8 Å². The Morgan fingerprint density at radius 2 is 2.00 bits per heavy atom. The molecule has 0 aliphatic carbocycles. The summed E-state index contributed by atoms with van der Waals surface area (Å²) >= 11 is 0. The average molecular weight is 308 g/mol. The van der Waals surface area contributed by atoms with Crippen LogP contribution in [0.3, 0.4) is 0 Å². The Labute approximate surface area is 123 Å². The van der Waals surface area contributed by atoms with Gasteiger partial charge < -0.3 is 10.5 Å². The highest BCUT2D eigenvalue weighted by Gasteiger charge is 2.19. The van der Waals surface area contributed by atoms with Crippen molar-refractivity contribution in [1.82, 2.24) is 9.97 Å². The van der Waals surface area contributed by atoms with Gasteiger partial charge in [-0.15, -0.1) is 0 Å². The van der Waals surface area contributed by atoms with Crippen molar-refractivity contribution in [1.29, 1.82) is 0 Å². The number of benzene rings is 1. The highest BCUT2D eigenvalue weighted by molar-refractivity contribution is 7.92. The Bertz CT molecular complexity index is 747. The minimum Gasteiger partial charge on any atom is -0.481 e. The maximum atomic E-state index is 12.4. The van der Waals surface area contributed by atoms with Gasteiger partial charge in [-0.25, -0.2) is 18.1 Å². The van der Waals surface area contributed by atoms with Gasteiger partial charge in [0.1, 0.15) is 0 Å². The van der Waals surface area contributed by atoms with Crippen LogP contribution in [0.4, 0.5) is 5.95 Å². The molecule has 21 heavy (non-hydrogen) atoms. The van der Waals surface area contributed by atoms with Crippen LogP contribution in [0.15, 0.2) is 35.2 Å². The van der Waals surface area contributed by atoms with E-state index in [4.69, 9.17) is 10.5 Å². The Balaban J connectivity index is 2.40. The summed E-state index contributed by atoms with van der Waals surface area (Å²) in [5.74, 6) is 0.242. The molecule has 1 aromatic heterocycles. The van der Waals surface area contributed by atoms with Crippen molar-refractivity contribution in [3.8, 4) is 5.88 Å². The van der Waals surface area contributed by atoms with E-state index in [1.807, 2.05) is 0 Å². The van der Waals surface area contributed by atoms with Crippen molar-refractivity contribution >= 4 is 16.0 Å². The zero-order valence-corrected chi connectivity index (χ0v) is 12.5. The Kier molecular flexibility index (Phi) is 4.39. The van der Waals surface area contributed by atoms with Crippen LogP contribution in [0.25, 0.3) is 0 Å². The fourth-order valence-corrected chi connectivity index (χ4v) is 3.00. The van der Waals surface area contributed by atoms with E-state index in [1.54, 1.807) is 31.2 Å². The highest BCUT2D eigenvalue weighted by atomic mass is 32.2. The molecule has 0 spiro atoms. The predicted octanol–water partition coefficient (Wildman–Crippen LogP) is 1.05. The van der Waals surface area contributed by atoms with Crippen LogP contribution >= 0.6 is 0 Å². The number of aryl methyl sites for hydroxylation is 1. The molecule has 112 valence electrons. The van der Waals surface area contributed by atoms with Crippen molar-refractivity contribution < 1.29 is 13.2 Å². The van der Waals surface area contributed by atoms with Gasteiger partial charge in [-0.1, -0.05) is 18.2 Å². The molecule has 0 amide bonds. The lowest BCUT2D eigenvalue weighted by Crippen LogP contribution is -2.18. The van der Waals surface area contributed by atoms with E-state index in [1.165, 1.54) is 13.2 Å². The number of nitrogens with zero attached hydrogens (tertiary/aromatic N) is 2. The quantitative estimate of drug-likeness (QED) is 0.855. The number of hydrogen-bond acceptors (Lipinski definition) is 6. The first-order valence-electron chi connectivity index (χ1n) is 6.16. The van der Waals surface area contributed by atoms with Crippen LogP contribution in [0.2, 0.25) is 0 Å². The summed E-state index contributed by atoms with van der Waals surface area (Å²) in [6, 6.07) is 8.11. The summed E-state index contributed by atoms with van der Waals surface area (Å²) in [5, 5.41) is 0. The van der Waals surface area contributed by atoms with Crippen LogP contribution in [-0.4, -0.2) is 25.5 Å². The summed E-state index contributed by atoms with van der Waals surface area (Å²) in [7, 11) is -2.36. The third kappa shape index (κ3) is 3.47. The number of aromatic nitrogens is 2. The summed E-state index contributed by atoms with van der Waals surface area (Å²) < 4.78 is 32.1. The Hall–Kier alpha value is -2.19. The predicted molar refractivity (Wildman–Crippen MR) is 78.5 cm³/mol. The maximum Gasteiger partial charge on any atom is 0.264 e. The number of rotatable bonds is 5. The first kappa shape index (κ1) is 15.2. The summed E-state index contributed by atoms with van der Waals surface area (Å²) in [5.41, 5.74) is 6.67. The first-order valence-corrected chi connectivity index (χ1v) is 7.65. The number of nitrogens with two attached hydrogens (primary N) is 1. The van der Waals surface area contributed by atoms with E-state index in [9.17, 15) is 8.42 Å². The third-order valence-electron chi connectivity index (χ3n) is 2.75. The van der Waals surface area contributed by atoms with Gasteiger partial charge >= 0.3 is 0 Å². The molecule has 0 saturated heterocycles. The first-order chi connectivity index (χ1) is 9.96. The molecule has 0 fully saturated rings. The van der Waals surface area contributed by atoms with E-state index < -0.39 is 10.0 Å². The van der Waals surface area contributed by atoms with E-state index >= 15 is 0 Å². The van der Waals surface area contributed by atoms with Gasteiger partial charge in [0.15, 0.2) is 0 Å². The molecule has 0 atom stereocenters. The molecular formula is C13H16N4O3S. The lowest BCUT2D eigenvalue weighted by atomic mass is 10.2. The molecule has 0 saturated carbocycles. The molecule has 0 aliphatic rings. The fourth-order valence-electron chi connectivity index (χ4n) is 1.80. The maximum absolute atomic E-state index is 12.4. The van der Waals surface area contributed by atoms with Crippen molar-refractivity contribution in [2.75, 3.05) is 11.8 Å². The Morgan fingerprint density at radius 1 is 1.29 bits per heavy atom. The van der Waals surface area contributed by atoms with Gasteiger partial charge in [-0.3, -0.25) is 0 Å². The van der Waals surface area contributed by atoms with Crippen LogP contribution in [0.1, 0.15) is 11.3 Å². The highest BCUT2D eigenvalue weighted by Crippen LogP contribution is 2.19. The second-order valence-electron chi connectivity index (χ2n) is 4.29. The number of hydrogen-bond donors (Lipinski definition) is 2. The molecule has 2 aromatic rings. The SMILES string of the molecule is COc1cc(C)nc(NS(=O)(=O)c2ccccc2CN)n1. The van der Waals surface area contributed by atoms with Gasteiger partial charge in [0.25, 0.3) is 10.0 Å². The summed E-state index contributed by atoms with van der Waals surface area (Å²) in [6.07, 6.45) is 0. The number of anilines is 1. The molecule has 2 rings (SSSR count). The smallest absolute Gasteiger partial charge is 0.264 e. The topological polar surface area (TPSA) is 107 Å². The molecule has 8 heteroatoms. The van der Waals surface area contributed by atoms with Gasteiger partial charge in [-0.05, 0) is 18.6 Å². The van der Waals surface area contributed by atoms with Gasteiger partial charge in [0, 0.05) is 18.3 Å². The zero-order chi connectivity index (χ0) is 15.5. The molecule has 3 N–H and O–H groups in total. The van der Waals surface area contributed by atoms with Crippen molar-refractivity contribution in [3.63, 3.8) is 0 Å². The van der Waals surface area contributed by atoms with Gasteiger partial charge in [0.05, 0.1) is 12.0 Å². The van der Waals surface area contributed by atoms with Crippen molar-refractivity contribution in [2.24, 2.45) is 5.73 Å². The van der Waals surface area contributed by atoms with Crippen LogP contribution in [-0.2, 0) is 16.6 Å². The number of nitrogens with one attached hydrogen (secondary N) is 1.